The Hall–Kier alpha value is -3.52. The first-order chi connectivity index (χ1) is 14.4. The van der Waals surface area contributed by atoms with E-state index in [2.05, 4.69) is 15.3 Å². The number of aldehydes is 1. The summed E-state index contributed by atoms with van der Waals surface area (Å²) < 4.78 is 11.8. The number of hydrogen-bond acceptors (Lipinski definition) is 7. The zero-order valence-electron chi connectivity index (χ0n) is 16.7. The third-order valence-corrected chi connectivity index (χ3v) is 4.40. The van der Waals surface area contributed by atoms with Crippen molar-refractivity contribution in [2.75, 3.05) is 11.9 Å². The number of rotatable bonds is 8. The average Bonchev–Trinajstić information content (AvgIpc) is 2.74. The van der Waals surface area contributed by atoms with Gasteiger partial charge in [0.1, 0.15) is 29.5 Å². The van der Waals surface area contributed by atoms with Crippen molar-refractivity contribution in [2.24, 2.45) is 0 Å². The predicted octanol–water partition coefficient (Wildman–Crippen LogP) is 2.71. The van der Waals surface area contributed by atoms with Crippen LogP contribution >= 0.6 is 0 Å². The van der Waals surface area contributed by atoms with E-state index in [-0.39, 0.29) is 6.61 Å². The number of amides is 1. The van der Waals surface area contributed by atoms with E-state index in [1.807, 2.05) is 6.92 Å². The molecule has 0 saturated heterocycles. The van der Waals surface area contributed by atoms with Gasteiger partial charge < -0.3 is 19.9 Å². The molecule has 156 valence electrons. The number of ether oxygens (including phenoxy) is 2. The molecule has 0 bridgehead atoms. The Morgan fingerprint density at radius 3 is 2.77 bits per heavy atom. The summed E-state index contributed by atoms with van der Waals surface area (Å²) in [6.45, 7) is 3.42. The summed E-state index contributed by atoms with van der Waals surface area (Å²) in [5.41, 5.74) is 0.201. The van der Waals surface area contributed by atoms with E-state index in [1.165, 1.54) is 18.6 Å². The van der Waals surface area contributed by atoms with Crippen molar-refractivity contribution in [1.29, 1.82) is 0 Å². The largest absolute Gasteiger partial charge is 0.488 e. The molecule has 2 N–H and O–H groups in total. The number of aliphatic hydroxyl groups is 1. The smallest absolute Gasteiger partial charge is 0.257 e. The van der Waals surface area contributed by atoms with Gasteiger partial charge in [0, 0.05) is 36.0 Å². The van der Waals surface area contributed by atoms with Crippen LogP contribution in [0.15, 0.2) is 60.6 Å². The molecule has 1 amide bonds. The van der Waals surface area contributed by atoms with Crippen molar-refractivity contribution in [2.45, 2.75) is 32.0 Å². The van der Waals surface area contributed by atoms with Gasteiger partial charge in [-0.05, 0) is 32.1 Å². The van der Waals surface area contributed by atoms with Gasteiger partial charge in [-0.25, -0.2) is 4.98 Å². The van der Waals surface area contributed by atoms with Crippen molar-refractivity contribution in [3.8, 4) is 11.5 Å². The molecule has 8 heteroatoms. The summed E-state index contributed by atoms with van der Waals surface area (Å²) in [6, 6.07) is 4.82. The number of aromatic nitrogens is 2. The molecule has 1 aliphatic carbocycles. The fourth-order valence-corrected chi connectivity index (χ4v) is 2.81. The second kappa shape index (κ2) is 9.32. The zero-order chi connectivity index (χ0) is 21.6. The molecule has 0 aliphatic heterocycles. The number of allylic oxidation sites excluding steroid dienone is 2. The number of carbonyl (C=O) groups excluding carboxylic acids is 2. The van der Waals surface area contributed by atoms with Gasteiger partial charge in [-0.2, -0.15) is 0 Å². The van der Waals surface area contributed by atoms with E-state index in [0.717, 1.165) is 6.29 Å². The normalized spacial score (nSPS) is 18.8. The molecule has 1 aromatic heterocycles. The molecule has 2 unspecified atom stereocenters. The maximum atomic E-state index is 12.7. The SMILES string of the molecule is CC(CO)Oc1cc(OC2(C)C=CC(C=O)=CC2)cc(C(=O)Nc2cnccn2)c1. The van der Waals surface area contributed by atoms with Crippen LogP contribution in [0.1, 0.15) is 30.6 Å². The number of anilines is 1. The van der Waals surface area contributed by atoms with Gasteiger partial charge in [0.15, 0.2) is 5.82 Å². The second-order valence-corrected chi connectivity index (χ2v) is 7.12. The lowest BCUT2D eigenvalue weighted by Gasteiger charge is -2.29. The molecule has 3 rings (SSSR count). The van der Waals surface area contributed by atoms with Gasteiger partial charge in [0.25, 0.3) is 5.91 Å². The van der Waals surface area contributed by atoms with Crippen LogP contribution in [0.2, 0.25) is 0 Å². The summed E-state index contributed by atoms with van der Waals surface area (Å²) in [6.07, 6.45) is 10.6. The quantitative estimate of drug-likeness (QED) is 0.645. The van der Waals surface area contributed by atoms with Crippen LogP contribution in [0.5, 0.6) is 11.5 Å². The maximum Gasteiger partial charge on any atom is 0.257 e. The first-order valence-corrected chi connectivity index (χ1v) is 9.44. The van der Waals surface area contributed by atoms with E-state index in [9.17, 15) is 14.7 Å². The van der Waals surface area contributed by atoms with Crippen molar-refractivity contribution >= 4 is 18.0 Å². The summed E-state index contributed by atoms with van der Waals surface area (Å²) in [4.78, 5) is 31.6. The molecule has 0 spiro atoms. The fraction of sp³-hybridized carbons (Fsp3) is 0.273. The minimum absolute atomic E-state index is 0.175. The maximum absolute atomic E-state index is 12.7. The van der Waals surface area contributed by atoms with Crippen LogP contribution < -0.4 is 14.8 Å². The van der Waals surface area contributed by atoms with Crippen LogP contribution in [0.3, 0.4) is 0 Å². The summed E-state index contributed by atoms with van der Waals surface area (Å²) in [5, 5.41) is 12.0. The molecule has 30 heavy (non-hydrogen) atoms. The minimum atomic E-state index is -0.688. The van der Waals surface area contributed by atoms with Crippen molar-refractivity contribution < 1.29 is 24.2 Å². The number of hydrogen-bond donors (Lipinski definition) is 2. The molecule has 1 aromatic carbocycles. The summed E-state index contributed by atoms with van der Waals surface area (Å²) in [7, 11) is 0. The molecule has 8 nitrogen and oxygen atoms in total. The summed E-state index contributed by atoms with van der Waals surface area (Å²) >= 11 is 0. The van der Waals surface area contributed by atoms with E-state index in [1.54, 1.807) is 43.4 Å². The van der Waals surface area contributed by atoms with Gasteiger partial charge >= 0.3 is 0 Å². The standard InChI is InChI=1S/C22H23N3O5/c1-15(13-26)29-18-9-17(21(28)25-20-12-23-7-8-24-20)10-19(11-18)30-22(2)5-3-16(14-27)4-6-22/h3-5,7-12,14-15,26H,6,13H2,1-2H3,(H,24,25,28). The Kier molecular flexibility index (Phi) is 6.58. The van der Waals surface area contributed by atoms with Crippen LogP contribution in [0.4, 0.5) is 5.82 Å². The van der Waals surface area contributed by atoms with Crippen LogP contribution in [-0.4, -0.2) is 45.6 Å². The Labute approximate surface area is 174 Å². The van der Waals surface area contributed by atoms with E-state index < -0.39 is 17.6 Å². The highest BCUT2D eigenvalue weighted by Gasteiger charge is 2.25. The Morgan fingerprint density at radius 1 is 1.33 bits per heavy atom. The molecular formula is C22H23N3O5. The second-order valence-electron chi connectivity index (χ2n) is 7.12. The first kappa shape index (κ1) is 21.2. The van der Waals surface area contributed by atoms with Gasteiger partial charge in [0.05, 0.1) is 12.8 Å². The monoisotopic (exact) mass is 409 g/mol. The van der Waals surface area contributed by atoms with Crippen LogP contribution in [0, 0.1) is 0 Å². The Balaban J connectivity index is 1.86. The lowest BCUT2D eigenvalue weighted by Crippen LogP contribution is -2.31. The third-order valence-electron chi connectivity index (χ3n) is 4.40. The molecule has 2 atom stereocenters. The number of nitrogens with one attached hydrogen (secondary N) is 1. The van der Waals surface area contributed by atoms with Gasteiger partial charge in [-0.1, -0.05) is 12.2 Å². The molecule has 0 fully saturated rings. The zero-order valence-corrected chi connectivity index (χ0v) is 16.7. The predicted molar refractivity (Wildman–Crippen MR) is 111 cm³/mol. The lowest BCUT2D eigenvalue weighted by molar-refractivity contribution is -0.104. The van der Waals surface area contributed by atoms with Crippen LogP contribution in [0.25, 0.3) is 0 Å². The van der Waals surface area contributed by atoms with Crippen molar-refractivity contribution in [3.63, 3.8) is 0 Å². The van der Waals surface area contributed by atoms with Crippen LogP contribution in [-0.2, 0) is 4.79 Å². The van der Waals surface area contributed by atoms with E-state index >= 15 is 0 Å². The van der Waals surface area contributed by atoms with E-state index in [4.69, 9.17) is 9.47 Å². The molecule has 0 saturated carbocycles. The molecule has 2 aromatic rings. The number of nitrogens with zero attached hydrogens (tertiary/aromatic N) is 2. The highest BCUT2D eigenvalue weighted by Crippen LogP contribution is 2.31. The average molecular weight is 409 g/mol. The highest BCUT2D eigenvalue weighted by atomic mass is 16.5. The fourth-order valence-electron chi connectivity index (χ4n) is 2.81. The third kappa shape index (κ3) is 5.51. The van der Waals surface area contributed by atoms with Gasteiger partial charge in [0.2, 0.25) is 0 Å². The Bertz CT molecular complexity index is 974. The molecule has 1 aliphatic rings. The molecule has 1 heterocycles. The van der Waals surface area contributed by atoms with Crippen molar-refractivity contribution in [3.05, 3.63) is 66.2 Å². The van der Waals surface area contributed by atoms with Gasteiger partial charge in [-0.3, -0.25) is 14.6 Å². The van der Waals surface area contributed by atoms with E-state index in [0.29, 0.717) is 34.9 Å². The first-order valence-electron chi connectivity index (χ1n) is 9.44. The number of benzene rings is 1. The van der Waals surface area contributed by atoms with Gasteiger partial charge in [-0.15, -0.1) is 0 Å². The molecular weight excluding hydrogens is 386 g/mol. The highest BCUT2D eigenvalue weighted by molar-refractivity contribution is 6.04. The minimum Gasteiger partial charge on any atom is -0.488 e. The summed E-state index contributed by atoms with van der Waals surface area (Å²) in [5.74, 6) is 0.701. The topological polar surface area (TPSA) is 111 Å². The van der Waals surface area contributed by atoms with Crippen molar-refractivity contribution in [1.82, 2.24) is 9.97 Å². The molecule has 0 radical (unpaired) electrons. The number of carbonyl (C=O) groups is 2. The Morgan fingerprint density at radius 2 is 2.13 bits per heavy atom. The number of aliphatic hydroxyl groups excluding tert-OH is 1. The lowest BCUT2D eigenvalue weighted by atomic mass is 9.94.